The summed E-state index contributed by atoms with van der Waals surface area (Å²) in [6.07, 6.45) is 1.38. The Morgan fingerprint density at radius 2 is 1.44 bits per heavy atom. The molecule has 0 saturated heterocycles. The van der Waals surface area contributed by atoms with Crippen molar-refractivity contribution >= 4 is 24.0 Å². The number of ether oxygens (including phenoxy) is 5. The van der Waals surface area contributed by atoms with Gasteiger partial charge in [0.05, 0.1) is 46.3 Å². The van der Waals surface area contributed by atoms with Gasteiger partial charge in [0.15, 0.2) is 23.0 Å². The second-order valence-electron chi connectivity index (χ2n) is 7.80. The van der Waals surface area contributed by atoms with Crippen LogP contribution in [0.2, 0.25) is 0 Å². The van der Waals surface area contributed by atoms with Crippen LogP contribution in [0.4, 0.5) is 0 Å². The van der Waals surface area contributed by atoms with Gasteiger partial charge in [-0.3, -0.25) is 9.59 Å². The van der Waals surface area contributed by atoms with Crippen molar-refractivity contribution < 1.29 is 38.1 Å². The maximum absolute atomic E-state index is 12.5. The van der Waals surface area contributed by atoms with E-state index in [4.69, 9.17) is 23.7 Å². The zero-order chi connectivity index (χ0) is 28.2. The first kappa shape index (κ1) is 28.5. The second-order valence-corrected chi connectivity index (χ2v) is 7.80. The quantitative estimate of drug-likeness (QED) is 0.156. The molecule has 0 bridgehead atoms. The molecule has 0 saturated carbocycles. The van der Waals surface area contributed by atoms with Crippen LogP contribution in [-0.4, -0.2) is 58.5 Å². The van der Waals surface area contributed by atoms with Crippen LogP contribution in [0.15, 0.2) is 65.8 Å². The van der Waals surface area contributed by atoms with Gasteiger partial charge in [0.2, 0.25) is 0 Å². The van der Waals surface area contributed by atoms with Crippen molar-refractivity contribution in [3.8, 4) is 28.7 Å². The van der Waals surface area contributed by atoms with Crippen molar-refractivity contribution in [2.45, 2.75) is 6.92 Å². The molecule has 3 aromatic rings. The number of carbonyl (C=O) groups excluding carboxylic acids is 3. The molecule has 2 amide bonds. The van der Waals surface area contributed by atoms with Crippen LogP contribution in [0.1, 0.15) is 33.2 Å². The van der Waals surface area contributed by atoms with Gasteiger partial charge in [-0.15, -0.1) is 0 Å². The molecule has 0 atom stereocenters. The molecule has 11 nitrogen and oxygen atoms in total. The summed E-state index contributed by atoms with van der Waals surface area (Å²) in [5.74, 6) is 0.497. The van der Waals surface area contributed by atoms with Gasteiger partial charge in [0, 0.05) is 5.56 Å². The van der Waals surface area contributed by atoms with Gasteiger partial charge in [-0.25, -0.2) is 10.2 Å². The highest BCUT2D eigenvalue weighted by atomic mass is 16.6. The van der Waals surface area contributed by atoms with E-state index in [2.05, 4.69) is 15.8 Å². The molecule has 2 N–H and O–H groups in total. The van der Waals surface area contributed by atoms with Gasteiger partial charge in [-0.05, 0) is 73.2 Å². The topological polar surface area (TPSA) is 134 Å². The van der Waals surface area contributed by atoms with Gasteiger partial charge in [-0.2, -0.15) is 5.10 Å². The van der Waals surface area contributed by atoms with Crippen LogP contribution in [-0.2, 0) is 4.79 Å². The third-order valence-corrected chi connectivity index (χ3v) is 5.25. The third-order valence-electron chi connectivity index (χ3n) is 5.25. The fourth-order valence-corrected chi connectivity index (χ4v) is 3.32. The maximum atomic E-state index is 12.5. The molecule has 0 heterocycles. The summed E-state index contributed by atoms with van der Waals surface area (Å²) in [6, 6.07) is 16.0. The summed E-state index contributed by atoms with van der Waals surface area (Å²) in [5.41, 5.74) is 3.56. The zero-order valence-electron chi connectivity index (χ0n) is 22.0. The molecular formula is C28H29N3O8. The van der Waals surface area contributed by atoms with E-state index >= 15 is 0 Å². The first-order valence-corrected chi connectivity index (χ1v) is 11.8. The Hall–Kier alpha value is -5.06. The SMILES string of the molecule is CCOc1ccc(C(=O)Oc2ccc(C=NNC(=O)CNC(=O)c3ccc(OC)c(OC)c3)cc2OC)cc1. The summed E-state index contributed by atoms with van der Waals surface area (Å²) in [6.45, 7) is 2.10. The van der Waals surface area contributed by atoms with E-state index in [9.17, 15) is 14.4 Å². The minimum absolute atomic E-state index is 0.218. The Labute approximate surface area is 225 Å². The average molecular weight is 536 g/mol. The predicted octanol–water partition coefficient (Wildman–Crippen LogP) is 3.21. The summed E-state index contributed by atoms with van der Waals surface area (Å²) in [5, 5.41) is 6.40. The Morgan fingerprint density at radius 1 is 0.795 bits per heavy atom. The van der Waals surface area contributed by atoms with Crippen molar-refractivity contribution in [2.24, 2.45) is 5.10 Å². The minimum Gasteiger partial charge on any atom is -0.494 e. The maximum Gasteiger partial charge on any atom is 0.343 e. The smallest absolute Gasteiger partial charge is 0.343 e. The first-order chi connectivity index (χ1) is 18.9. The molecule has 3 rings (SSSR count). The van der Waals surface area contributed by atoms with E-state index in [1.165, 1.54) is 33.6 Å². The number of hydrogen-bond acceptors (Lipinski definition) is 9. The molecule has 0 aromatic heterocycles. The van der Waals surface area contributed by atoms with E-state index in [0.29, 0.717) is 46.3 Å². The predicted molar refractivity (Wildman–Crippen MR) is 143 cm³/mol. The summed E-state index contributed by atoms with van der Waals surface area (Å²) in [7, 11) is 4.39. The largest absolute Gasteiger partial charge is 0.494 e. The molecule has 0 aliphatic carbocycles. The number of nitrogens with zero attached hydrogens (tertiary/aromatic N) is 1. The molecule has 204 valence electrons. The number of nitrogens with one attached hydrogen (secondary N) is 2. The standard InChI is InChI=1S/C28H29N3O8/c1-5-38-21-10-7-19(8-11-21)28(34)39-23-12-6-18(14-24(23)36-3)16-30-31-26(32)17-29-27(33)20-9-13-22(35-2)25(15-20)37-4/h6-16H,5,17H2,1-4H3,(H,29,33)(H,31,32). The van der Waals surface area contributed by atoms with Crippen LogP contribution in [0.25, 0.3) is 0 Å². The van der Waals surface area contributed by atoms with Crippen LogP contribution in [0.3, 0.4) is 0 Å². The molecule has 0 spiro atoms. The number of methoxy groups -OCH3 is 3. The van der Waals surface area contributed by atoms with Gasteiger partial charge >= 0.3 is 5.97 Å². The number of hydrazone groups is 1. The molecule has 0 fully saturated rings. The molecule has 39 heavy (non-hydrogen) atoms. The van der Waals surface area contributed by atoms with Crippen LogP contribution in [0.5, 0.6) is 28.7 Å². The highest BCUT2D eigenvalue weighted by molar-refractivity contribution is 5.97. The second kappa shape index (κ2) is 14.0. The molecule has 0 unspecified atom stereocenters. The molecule has 3 aromatic carbocycles. The molecule has 0 radical (unpaired) electrons. The van der Waals surface area contributed by atoms with Crippen molar-refractivity contribution in [3.63, 3.8) is 0 Å². The van der Waals surface area contributed by atoms with E-state index in [1.54, 1.807) is 54.6 Å². The van der Waals surface area contributed by atoms with Gasteiger partial charge < -0.3 is 29.0 Å². The number of benzene rings is 3. The number of carbonyl (C=O) groups is 3. The lowest BCUT2D eigenvalue weighted by atomic mass is 10.2. The monoisotopic (exact) mass is 535 g/mol. The van der Waals surface area contributed by atoms with Crippen molar-refractivity contribution in [1.82, 2.24) is 10.7 Å². The Kier molecular flexibility index (Phi) is 10.3. The summed E-state index contributed by atoms with van der Waals surface area (Å²) >= 11 is 0. The van der Waals surface area contributed by atoms with Gasteiger partial charge in [-0.1, -0.05) is 0 Å². The normalized spacial score (nSPS) is 10.5. The molecule has 0 aliphatic heterocycles. The Morgan fingerprint density at radius 3 is 2.10 bits per heavy atom. The van der Waals surface area contributed by atoms with Gasteiger partial charge in [0.1, 0.15) is 5.75 Å². The highest BCUT2D eigenvalue weighted by Gasteiger charge is 2.14. The zero-order valence-corrected chi connectivity index (χ0v) is 22.0. The lowest BCUT2D eigenvalue weighted by molar-refractivity contribution is -0.120. The van der Waals surface area contributed by atoms with Crippen LogP contribution in [0, 0.1) is 0 Å². The Balaban J connectivity index is 1.53. The number of esters is 1. The van der Waals surface area contributed by atoms with Crippen molar-refractivity contribution in [3.05, 3.63) is 77.4 Å². The first-order valence-electron chi connectivity index (χ1n) is 11.8. The highest BCUT2D eigenvalue weighted by Crippen LogP contribution is 2.29. The van der Waals surface area contributed by atoms with E-state index in [-0.39, 0.29) is 12.3 Å². The fourth-order valence-electron chi connectivity index (χ4n) is 3.32. The van der Waals surface area contributed by atoms with E-state index in [0.717, 1.165) is 0 Å². The van der Waals surface area contributed by atoms with Crippen LogP contribution >= 0.6 is 0 Å². The number of hydrogen-bond donors (Lipinski definition) is 2. The van der Waals surface area contributed by atoms with E-state index in [1.807, 2.05) is 6.92 Å². The Bertz CT molecular complexity index is 1340. The van der Waals surface area contributed by atoms with E-state index < -0.39 is 17.8 Å². The van der Waals surface area contributed by atoms with Crippen molar-refractivity contribution in [2.75, 3.05) is 34.5 Å². The van der Waals surface area contributed by atoms with Gasteiger partial charge in [0.25, 0.3) is 11.8 Å². The average Bonchev–Trinajstić information content (AvgIpc) is 2.96. The minimum atomic E-state index is -0.555. The molecule has 0 aliphatic rings. The lowest BCUT2D eigenvalue weighted by Gasteiger charge is -2.10. The van der Waals surface area contributed by atoms with Crippen molar-refractivity contribution in [1.29, 1.82) is 0 Å². The summed E-state index contributed by atoms with van der Waals surface area (Å²) in [4.78, 5) is 37.0. The lowest BCUT2D eigenvalue weighted by Crippen LogP contribution is -2.34. The number of rotatable bonds is 12. The fraction of sp³-hybridized carbons (Fsp3) is 0.214. The number of amides is 2. The van der Waals surface area contributed by atoms with Crippen LogP contribution < -0.4 is 34.4 Å². The summed E-state index contributed by atoms with van der Waals surface area (Å²) < 4.78 is 26.5. The third kappa shape index (κ3) is 7.96. The molecule has 11 heteroatoms. The molecular weight excluding hydrogens is 506 g/mol.